The number of aliphatic hydroxyl groups excluding tert-OH is 1. The average molecular weight is 413 g/mol. The van der Waals surface area contributed by atoms with Gasteiger partial charge in [0, 0.05) is 0 Å². The number of aliphatic hydroxyl groups is 1. The van der Waals surface area contributed by atoms with Crippen LogP contribution in [0.25, 0.3) is 0 Å². The fraction of sp³-hybridized carbons (Fsp3) is 0.862. The van der Waals surface area contributed by atoms with E-state index < -0.39 is 0 Å². The molecule has 3 fully saturated rings. The maximum atomic E-state index is 10.2. The minimum atomic E-state index is -0.0871. The van der Waals surface area contributed by atoms with Crippen molar-refractivity contribution in [1.82, 2.24) is 0 Å². The van der Waals surface area contributed by atoms with Gasteiger partial charge in [-0.05, 0) is 110 Å². The smallest absolute Gasteiger partial charge is 0.0577 e. The lowest BCUT2D eigenvalue weighted by Crippen LogP contribution is -2.50. The molecule has 1 heteroatoms. The summed E-state index contributed by atoms with van der Waals surface area (Å²) < 4.78 is 0. The van der Waals surface area contributed by atoms with Crippen LogP contribution in [0.5, 0.6) is 0 Å². The summed E-state index contributed by atoms with van der Waals surface area (Å²) in [6.07, 6.45) is 17.6. The van der Waals surface area contributed by atoms with E-state index in [0.29, 0.717) is 16.7 Å². The van der Waals surface area contributed by atoms with Crippen molar-refractivity contribution >= 4 is 0 Å². The first kappa shape index (κ1) is 22.6. The van der Waals surface area contributed by atoms with E-state index in [9.17, 15) is 5.11 Å². The van der Waals surface area contributed by atoms with Gasteiger partial charge in [-0.1, -0.05) is 58.8 Å². The molecule has 4 aliphatic rings. The molecule has 4 rings (SSSR count). The molecule has 0 aromatic carbocycles. The molecule has 2 unspecified atom stereocenters. The zero-order chi connectivity index (χ0) is 21.7. The minimum Gasteiger partial charge on any atom is -0.393 e. The monoisotopic (exact) mass is 412 g/mol. The molecule has 0 heterocycles. The SMILES string of the molecule is C=CC(C)C(CC)C[C@@H](C)[C@H]1CC[C@H]2[C@@H]3CC=C4C[C@@H](O)CC[C@]4(C)[C@H]3CC[C@]12C. The van der Waals surface area contributed by atoms with Gasteiger partial charge in [0.25, 0.3) is 0 Å². The molecule has 0 aromatic heterocycles. The molecule has 0 aromatic rings. The first-order chi connectivity index (χ1) is 14.2. The second-order valence-corrected chi connectivity index (χ2v) is 12.4. The van der Waals surface area contributed by atoms with Crippen molar-refractivity contribution in [3.8, 4) is 0 Å². The Hall–Kier alpha value is -0.560. The standard InChI is InChI=1S/C29H48O/c1-7-19(3)21(8-2)17-20(4)25-11-12-26-24-10-9-22-18-23(30)13-15-28(22,5)27(24)14-16-29(25,26)6/h7,9,19-21,23-27,30H,1,8,10-18H2,2-6H3/t19?,20-,21?,23+,24+,25-,26+,27+,28+,29-/m1/s1. The van der Waals surface area contributed by atoms with Gasteiger partial charge in [-0.15, -0.1) is 6.58 Å². The van der Waals surface area contributed by atoms with Crippen LogP contribution in [0.15, 0.2) is 24.3 Å². The molecule has 1 nitrogen and oxygen atoms in total. The molecular weight excluding hydrogens is 364 g/mol. The van der Waals surface area contributed by atoms with Gasteiger partial charge < -0.3 is 5.11 Å². The highest BCUT2D eigenvalue weighted by molar-refractivity contribution is 5.25. The van der Waals surface area contributed by atoms with Crippen molar-refractivity contribution in [2.24, 2.45) is 52.3 Å². The first-order valence-corrected chi connectivity index (χ1v) is 13.2. The molecule has 0 radical (unpaired) electrons. The normalized spacial score (nSPS) is 46.1. The Bertz CT molecular complexity index is 663. The molecular formula is C29H48O. The van der Waals surface area contributed by atoms with E-state index in [2.05, 4.69) is 53.3 Å². The fourth-order valence-electron chi connectivity index (χ4n) is 9.20. The predicted octanol–water partition coefficient (Wildman–Crippen LogP) is 7.80. The largest absolute Gasteiger partial charge is 0.393 e. The Labute approximate surface area is 186 Å². The fourth-order valence-corrected chi connectivity index (χ4v) is 9.20. The lowest BCUT2D eigenvalue weighted by molar-refractivity contribution is -0.0583. The molecule has 0 aliphatic heterocycles. The summed E-state index contributed by atoms with van der Waals surface area (Å²) in [7, 11) is 0. The number of fused-ring (bicyclic) bond motifs is 5. The minimum absolute atomic E-state index is 0.0871. The average Bonchev–Trinajstić information content (AvgIpc) is 3.09. The van der Waals surface area contributed by atoms with Gasteiger partial charge in [-0.3, -0.25) is 0 Å². The third-order valence-corrected chi connectivity index (χ3v) is 11.2. The molecule has 170 valence electrons. The van der Waals surface area contributed by atoms with E-state index in [1.165, 1.54) is 51.4 Å². The zero-order valence-electron chi connectivity index (χ0n) is 20.5. The summed E-state index contributed by atoms with van der Waals surface area (Å²) in [5.41, 5.74) is 2.53. The van der Waals surface area contributed by atoms with Gasteiger partial charge in [0.1, 0.15) is 0 Å². The molecule has 30 heavy (non-hydrogen) atoms. The van der Waals surface area contributed by atoms with Crippen LogP contribution in [0.3, 0.4) is 0 Å². The van der Waals surface area contributed by atoms with Crippen molar-refractivity contribution in [2.45, 2.75) is 105 Å². The van der Waals surface area contributed by atoms with Crippen LogP contribution >= 0.6 is 0 Å². The topological polar surface area (TPSA) is 20.2 Å². The number of allylic oxidation sites excluding steroid dienone is 2. The quantitative estimate of drug-likeness (QED) is 0.441. The van der Waals surface area contributed by atoms with Crippen LogP contribution < -0.4 is 0 Å². The molecule has 0 saturated heterocycles. The molecule has 1 N–H and O–H groups in total. The van der Waals surface area contributed by atoms with Crippen LogP contribution in [-0.2, 0) is 0 Å². The van der Waals surface area contributed by atoms with Crippen LogP contribution in [0.1, 0.15) is 98.8 Å². The van der Waals surface area contributed by atoms with Crippen molar-refractivity contribution in [3.63, 3.8) is 0 Å². The van der Waals surface area contributed by atoms with Gasteiger partial charge in [0.15, 0.2) is 0 Å². The van der Waals surface area contributed by atoms with Crippen molar-refractivity contribution in [2.75, 3.05) is 0 Å². The highest BCUT2D eigenvalue weighted by Gasteiger charge is 2.59. The molecule has 0 spiro atoms. The van der Waals surface area contributed by atoms with Gasteiger partial charge >= 0.3 is 0 Å². The molecule has 4 aliphatic carbocycles. The van der Waals surface area contributed by atoms with Gasteiger partial charge in [-0.25, -0.2) is 0 Å². The summed E-state index contributed by atoms with van der Waals surface area (Å²) in [6, 6.07) is 0. The van der Waals surface area contributed by atoms with E-state index in [0.717, 1.165) is 48.3 Å². The summed E-state index contributed by atoms with van der Waals surface area (Å²) in [5, 5.41) is 10.2. The Morgan fingerprint density at radius 1 is 1.13 bits per heavy atom. The third kappa shape index (κ3) is 3.56. The zero-order valence-corrected chi connectivity index (χ0v) is 20.5. The molecule has 0 amide bonds. The number of hydrogen-bond donors (Lipinski definition) is 1. The molecule has 3 saturated carbocycles. The van der Waals surface area contributed by atoms with E-state index in [4.69, 9.17) is 0 Å². The lowest BCUT2D eigenvalue weighted by atomic mass is 9.47. The lowest BCUT2D eigenvalue weighted by Gasteiger charge is -2.58. The van der Waals surface area contributed by atoms with Gasteiger partial charge in [-0.2, -0.15) is 0 Å². The van der Waals surface area contributed by atoms with Crippen molar-refractivity contribution in [1.29, 1.82) is 0 Å². The Kier molecular flexibility index (Phi) is 6.35. The summed E-state index contributed by atoms with van der Waals surface area (Å²) in [6.45, 7) is 16.6. The van der Waals surface area contributed by atoms with Crippen LogP contribution in [0.4, 0.5) is 0 Å². The van der Waals surface area contributed by atoms with Crippen LogP contribution in [0.2, 0.25) is 0 Å². The maximum absolute atomic E-state index is 10.2. The summed E-state index contributed by atoms with van der Waals surface area (Å²) >= 11 is 0. The molecule has 10 atom stereocenters. The number of hydrogen-bond acceptors (Lipinski definition) is 1. The van der Waals surface area contributed by atoms with E-state index in [-0.39, 0.29) is 6.10 Å². The van der Waals surface area contributed by atoms with Crippen LogP contribution in [0, 0.1) is 52.3 Å². The second kappa shape index (κ2) is 8.42. The van der Waals surface area contributed by atoms with E-state index in [1.807, 2.05) is 0 Å². The van der Waals surface area contributed by atoms with Crippen LogP contribution in [-0.4, -0.2) is 11.2 Å². The Balaban J connectivity index is 1.52. The second-order valence-electron chi connectivity index (χ2n) is 12.4. The van der Waals surface area contributed by atoms with Gasteiger partial charge in [0.05, 0.1) is 6.10 Å². The first-order valence-electron chi connectivity index (χ1n) is 13.2. The highest BCUT2D eigenvalue weighted by atomic mass is 16.3. The Morgan fingerprint density at radius 3 is 2.60 bits per heavy atom. The molecule has 0 bridgehead atoms. The Morgan fingerprint density at radius 2 is 1.90 bits per heavy atom. The summed E-state index contributed by atoms with van der Waals surface area (Å²) in [4.78, 5) is 0. The van der Waals surface area contributed by atoms with Crippen molar-refractivity contribution < 1.29 is 5.11 Å². The van der Waals surface area contributed by atoms with E-state index in [1.54, 1.807) is 5.57 Å². The van der Waals surface area contributed by atoms with E-state index >= 15 is 0 Å². The van der Waals surface area contributed by atoms with Gasteiger partial charge in [0.2, 0.25) is 0 Å². The predicted molar refractivity (Wildman–Crippen MR) is 128 cm³/mol. The highest BCUT2D eigenvalue weighted by Crippen LogP contribution is 2.67. The summed E-state index contributed by atoms with van der Waals surface area (Å²) in [5.74, 6) is 5.84. The third-order valence-electron chi connectivity index (χ3n) is 11.2. The maximum Gasteiger partial charge on any atom is 0.0577 e. The van der Waals surface area contributed by atoms with Crippen molar-refractivity contribution in [3.05, 3.63) is 24.3 Å². The number of rotatable bonds is 6.